The molecular formula is C16H23NO3S. The molecule has 0 spiro atoms. The zero-order chi connectivity index (χ0) is 15.3. The van der Waals surface area contributed by atoms with Crippen LogP contribution in [0.15, 0.2) is 24.3 Å². The van der Waals surface area contributed by atoms with Gasteiger partial charge in [0.05, 0.1) is 5.75 Å². The molecule has 1 aromatic carbocycles. The lowest BCUT2D eigenvalue weighted by Gasteiger charge is -2.16. The van der Waals surface area contributed by atoms with E-state index in [0.29, 0.717) is 11.1 Å². The fraction of sp³-hybridized carbons (Fsp3) is 0.562. The Labute approximate surface area is 126 Å². The van der Waals surface area contributed by atoms with Crippen LogP contribution in [0.5, 0.6) is 0 Å². The summed E-state index contributed by atoms with van der Waals surface area (Å²) in [6.07, 6.45) is 8.10. The molecule has 0 atom stereocenters. The SMILES string of the molecule is CS(=O)(=O)Cc1cccc(C(=O)NC2CCCCCC2)c1. The highest BCUT2D eigenvalue weighted by Crippen LogP contribution is 2.18. The summed E-state index contributed by atoms with van der Waals surface area (Å²) in [6.45, 7) is 0. The molecule has 1 aliphatic carbocycles. The van der Waals surface area contributed by atoms with Crippen LogP contribution in [0.1, 0.15) is 54.4 Å². The number of hydrogen-bond donors (Lipinski definition) is 1. The Morgan fingerprint density at radius 2 is 1.86 bits per heavy atom. The molecule has 4 nitrogen and oxygen atoms in total. The molecular weight excluding hydrogens is 286 g/mol. The van der Waals surface area contributed by atoms with Crippen LogP contribution in [-0.2, 0) is 15.6 Å². The maximum atomic E-state index is 12.3. The van der Waals surface area contributed by atoms with Gasteiger partial charge in [-0.1, -0.05) is 37.8 Å². The van der Waals surface area contributed by atoms with E-state index in [1.807, 2.05) is 0 Å². The smallest absolute Gasteiger partial charge is 0.251 e. The van der Waals surface area contributed by atoms with Crippen molar-refractivity contribution in [2.45, 2.75) is 50.3 Å². The first-order chi connectivity index (χ1) is 9.94. The first-order valence-electron chi connectivity index (χ1n) is 7.51. The molecule has 1 aromatic rings. The summed E-state index contributed by atoms with van der Waals surface area (Å²) in [6, 6.07) is 7.13. The maximum absolute atomic E-state index is 12.3. The van der Waals surface area contributed by atoms with E-state index in [1.54, 1.807) is 24.3 Å². The summed E-state index contributed by atoms with van der Waals surface area (Å²) in [7, 11) is -3.08. The zero-order valence-electron chi connectivity index (χ0n) is 12.5. The van der Waals surface area contributed by atoms with Crippen molar-refractivity contribution in [1.29, 1.82) is 0 Å². The van der Waals surface area contributed by atoms with Crippen molar-refractivity contribution >= 4 is 15.7 Å². The highest BCUT2D eigenvalue weighted by molar-refractivity contribution is 7.89. The van der Waals surface area contributed by atoms with Gasteiger partial charge in [0.15, 0.2) is 9.84 Å². The topological polar surface area (TPSA) is 63.2 Å². The van der Waals surface area contributed by atoms with Gasteiger partial charge in [0.2, 0.25) is 0 Å². The second-order valence-electron chi connectivity index (χ2n) is 5.93. The third kappa shape index (κ3) is 5.50. The van der Waals surface area contributed by atoms with Crippen LogP contribution in [0.2, 0.25) is 0 Å². The van der Waals surface area contributed by atoms with E-state index >= 15 is 0 Å². The third-order valence-corrected chi connectivity index (χ3v) is 4.67. The molecule has 0 aliphatic heterocycles. The minimum absolute atomic E-state index is 0.0302. The van der Waals surface area contributed by atoms with Gasteiger partial charge in [-0.3, -0.25) is 4.79 Å². The van der Waals surface area contributed by atoms with Gasteiger partial charge < -0.3 is 5.32 Å². The number of nitrogens with one attached hydrogen (secondary N) is 1. The first kappa shape index (κ1) is 16.0. The van der Waals surface area contributed by atoms with Crippen LogP contribution >= 0.6 is 0 Å². The molecule has 0 radical (unpaired) electrons. The molecule has 0 aromatic heterocycles. The van der Waals surface area contributed by atoms with Crippen molar-refractivity contribution in [2.75, 3.05) is 6.26 Å². The molecule has 21 heavy (non-hydrogen) atoms. The fourth-order valence-electron chi connectivity index (χ4n) is 2.80. The van der Waals surface area contributed by atoms with Crippen LogP contribution in [0.3, 0.4) is 0 Å². The van der Waals surface area contributed by atoms with E-state index in [-0.39, 0.29) is 17.7 Å². The normalized spacial score (nSPS) is 17.2. The second kappa shape index (κ2) is 7.07. The van der Waals surface area contributed by atoms with Crippen LogP contribution in [0.25, 0.3) is 0 Å². The van der Waals surface area contributed by atoms with E-state index in [9.17, 15) is 13.2 Å². The predicted molar refractivity (Wildman–Crippen MR) is 83.9 cm³/mol. The molecule has 0 bridgehead atoms. The van der Waals surface area contributed by atoms with E-state index < -0.39 is 9.84 Å². The van der Waals surface area contributed by atoms with Crippen molar-refractivity contribution in [3.63, 3.8) is 0 Å². The van der Waals surface area contributed by atoms with Crippen LogP contribution in [0.4, 0.5) is 0 Å². The largest absolute Gasteiger partial charge is 0.349 e. The lowest BCUT2D eigenvalue weighted by molar-refractivity contribution is 0.0933. The van der Waals surface area contributed by atoms with Gasteiger partial charge >= 0.3 is 0 Å². The Balaban J connectivity index is 2.03. The monoisotopic (exact) mass is 309 g/mol. The summed E-state index contributed by atoms with van der Waals surface area (Å²) in [5, 5.41) is 3.08. The number of hydrogen-bond acceptors (Lipinski definition) is 3. The molecule has 1 N–H and O–H groups in total. The minimum atomic E-state index is -3.08. The number of benzene rings is 1. The van der Waals surface area contributed by atoms with Gasteiger partial charge in [-0.15, -0.1) is 0 Å². The lowest BCUT2D eigenvalue weighted by Crippen LogP contribution is -2.34. The Morgan fingerprint density at radius 1 is 1.19 bits per heavy atom. The van der Waals surface area contributed by atoms with E-state index in [1.165, 1.54) is 31.9 Å². The van der Waals surface area contributed by atoms with Crippen molar-refractivity contribution in [1.82, 2.24) is 5.32 Å². The molecule has 0 unspecified atom stereocenters. The molecule has 1 aliphatic rings. The predicted octanol–water partition coefficient (Wildman–Crippen LogP) is 2.68. The van der Waals surface area contributed by atoms with Gasteiger partial charge in [0.1, 0.15) is 0 Å². The molecule has 0 heterocycles. The van der Waals surface area contributed by atoms with Crippen molar-refractivity contribution in [3.05, 3.63) is 35.4 Å². The summed E-state index contributed by atoms with van der Waals surface area (Å²) in [4.78, 5) is 12.3. The van der Waals surface area contributed by atoms with E-state index in [2.05, 4.69) is 5.32 Å². The number of carbonyl (C=O) groups excluding carboxylic acids is 1. The van der Waals surface area contributed by atoms with Gasteiger partial charge in [-0.2, -0.15) is 0 Å². The maximum Gasteiger partial charge on any atom is 0.251 e. The highest BCUT2D eigenvalue weighted by Gasteiger charge is 2.16. The average Bonchev–Trinajstić information content (AvgIpc) is 2.65. The minimum Gasteiger partial charge on any atom is -0.349 e. The van der Waals surface area contributed by atoms with Crippen LogP contribution in [0, 0.1) is 0 Å². The lowest BCUT2D eigenvalue weighted by atomic mass is 10.1. The first-order valence-corrected chi connectivity index (χ1v) is 9.57. The fourth-order valence-corrected chi connectivity index (χ4v) is 3.58. The molecule has 0 saturated heterocycles. The third-order valence-electron chi connectivity index (χ3n) is 3.81. The average molecular weight is 309 g/mol. The highest BCUT2D eigenvalue weighted by atomic mass is 32.2. The summed E-state index contributed by atoms with van der Waals surface area (Å²) >= 11 is 0. The van der Waals surface area contributed by atoms with Crippen molar-refractivity contribution < 1.29 is 13.2 Å². The summed E-state index contributed by atoms with van der Waals surface area (Å²) in [5.74, 6) is -0.130. The quantitative estimate of drug-likeness (QED) is 0.870. The van der Waals surface area contributed by atoms with Crippen molar-refractivity contribution in [3.8, 4) is 0 Å². The molecule has 1 amide bonds. The Hall–Kier alpha value is -1.36. The van der Waals surface area contributed by atoms with E-state index in [0.717, 1.165) is 12.8 Å². The van der Waals surface area contributed by atoms with Crippen LogP contribution in [-0.4, -0.2) is 26.6 Å². The van der Waals surface area contributed by atoms with Gasteiger partial charge in [0.25, 0.3) is 5.91 Å². The molecule has 5 heteroatoms. The molecule has 116 valence electrons. The molecule has 1 fully saturated rings. The Kier molecular flexibility index (Phi) is 5.39. The number of carbonyl (C=O) groups is 1. The van der Waals surface area contributed by atoms with Gasteiger partial charge in [0, 0.05) is 17.9 Å². The summed E-state index contributed by atoms with van der Waals surface area (Å²) in [5.41, 5.74) is 1.20. The van der Waals surface area contributed by atoms with Crippen molar-refractivity contribution in [2.24, 2.45) is 0 Å². The molecule has 2 rings (SSSR count). The number of sulfone groups is 1. The standard InChI is InChI=1S/C16H23NO3S/c1-21(19,20)12-13-7-6-8-14(11-13)16(18)17-15-9-4-2-3-5-10-15/h6-8,11,15H,2-5,9-10,12H2,1H3,(H,17,18). The Bertz CT molecular complexity index is 587. The van der Waals surface area contributed by atoms with Crippen LogP contribution < -0.4 is 5.32 Å². The van der Waals surface area contributed by atoms with Gasteiger partial charge in [-0.25, -0.2) is 8.42 Å². The number of rotatable bonds is 4. The second-order valence-corrected chi connectivity index (χ2v) is 8.07. The Morgan fingerprint density at radius 3 is 2.48 bits per heavy atom. The summed E-state index contributed by atoms with van der Waals surface area (Å²) < 4.78 is 22.7. The van der Waals surface area contributed by atoms with Gasteiger partial charge in [-0.05, 0) is 30.5 Å². The molecule has 1 saturated carbocycles. The zero-order valence-corrected chi connectivity index (χ0v) is 13.3. The van der Waals surface area contributed by atoms with E-state index in [4.69, 9.17) is 0 Å². The number of amides is 1.